The van der Waals surface area contributed by atoms with Gasteiger partial charge in [0.15, 0.2) is 0 Å². The van der Waals surface area contributed by atoms with Gasteiger partial charge in [-0.3, -0.25) is 0 Å². The van der Waals surface area contributed by atoms with Gasteiger partial charge in [-0.05, 0) is 9.47 Å². The standard InChI is InChI=1S/H2OPS3/c2-1-5(3)4/h2H2/q-1. The molecule has 1 nitrogen and oxygen atoms in total. The maximum Gasteiger partial charge on any atom is -0.0261 e. The Morgan fingerprint density at radius 3 is 1.80 bits per heavy atom. The fourth-order valence-electron chi connectivity index (χ4n) is 0. The molecule has 0 spiro atoms. The lowest BCUT2D eigenvalue weighted by atomic mass is 15.9. The molecule has 0 aliphatic heterocycles. The molecule has 0 rings (SSSR count). The number of hydrogen-bond donors (Lipinski definition) is 0. The molecule has 0 bridgehead atoms. The predicted octanol–water partition coefficient (Wildman–Crippen LogP) is 0.250. The molecule has 0 saturated heterocycles. The van der Waals surface area contributed by atoms with E-state index in [1.54, 1.807) is 0 Å². The van der Waals surface area contributed by atoms with Gasteiger partial charge in [0.2, 0.25) is 0 Å². The molecular weight excluding hydrogens is 143 g/mol. The summed E-state index contributed by atoms with van der Waals surface area (Å²) in [4.78, 5) is 0. The zero-order valence-electron chi connectivity index (χ0n) is 2.21. The maximum absolute atomic E-state index is 4.38. The first-order valence-corrected chi connectivity index (χ1v) is 4.21. The van der Waals surface area contributed by atoms with E-state index < -0.39 is 8.29 Å². The normalized spacial score (nSPS) is 9.20. The molecule has 0 aliphatic carbocycles. The quantitative estimate of drug-likeness (QED) is 0.386. The second-order valence-corrected chi connectivity index (χ2v) is 3.93. The summed E-state index contributed by atoms with van der Waals surface area (Å²) in [5.41, 5.74) is 0. The summed E-state index contributed by atoms with van der Waals surface area (Å²) in [5, 5.41) is 0. The first-order chi connectivity index (χ1) is 2.27. The molecule has 1 atom stereocenters. The third-order valence-corrected chi connectivity index (χ3v) is 2.12. The Kier molecular flexibility index (Phi) is 4.17. The molecule has 0 aromatic carbocycles. The van der Waals surface area contributed by atoms with Crippen LogP contribution in [0.5, 0.6) is 0 Å². The molecular formula is H2OPS3-. The van der Waals surface area contributed by atoms with E-state index in [4.69, 9.17) is 0 Å². The van der Waals surface area contributed by atoms with Crippen molar-refractivity contribution in [2.24, 2.45) is 0 Å². The molecule has 0 heterocycles. The van der Waals surface area contributed by atoms with Crippen molar-refractivity contribution in [2.45, 2.75) is 0 Å². The predicted molar refractivity (Wildman–Crippen MR) is 32.9 cm³/mol. The molecule has 5 heteroatoms. The molecule has 5 heavy (non-hydrogen) atoms. The van der Waals surface area contributed by atoms with Crippen LogP contribution >= 0.6 is 9.47 Å². The highest BCUT2D eigenvalue weighted by Gasteiger charge is 1.35. The highest BCUT2D eigenvalue weighted by atomic mass is 33.1. The Morgan fingerprint density at radius 2 is 1.80 bits per heavy atom. The third kappa shape index (κ3) is 5.18. The van der Waals surface area contributed by atoms with Crippen molar-refractivity contribution in [1.29, 1.82) is 0 Å². The minimum Gasteiger partial charge on any atom is -0.450 e. The van der Waals surface area contributed by atoms with E-state index in [1.165, 1.54) is 0 Å². The van der Waals surface area contributed by atoms with Crippen LogP contribution in [0, 0.1) is 0 Å². The van der Waals surface area contributed by atoms with Crippen molar-refractivity contribution < 1.29 is 3.97 Å². The van der Waals surface area contributed by atoms with Crippen LogP contribution < -0.4 is 0 Å². The Labute approximate surface area is 44.4 Å². The lowest BCUT2D eigenvalue weighted by Gasteiger charge is -1.90. The molecule has 0 aromatic rings. The van der Waals surface area contributed by atoms with E-state index in [9.17, 15) is 0 Å². The Balaban J connectivity index is 3.23. The van der Waals surface area contributed by atoms with Crippen LogP contribution in [-0.4, -0.2) is 0 Å². The van der Waals surface area contributed by atoms with Crippen molar-refractivity contribution in [1.82, 2.24) is 0 Å². The minimum atomic E-state index is -0.693. The van der Waals surface area contributed by atoms with Crippen LogP contribution in [0.25, 0.3) is 0 Å². The molecule has 0 radical (unpaired) electrons. The van der Waals surface area contributed by atoms with E-state index in [1.807, 2.05) is 9.47 Å². The monoisotopic (exact) mass is 145 g/mol. The average molecular weight is 145 g/mol. The van der Waals surface area contributed by atoms with Gasteiger partial charge in [-0.25, -0.2) is 30.7 Å². The van der Waals surface area contributed by atoms with Gasteiger partial charge in [-0.1, -0.05) is 0 Å². The summed E-state index contributed by atoms with van der Waals surface area (Å²) >= 11 is 8.76. The summed E-state index contributed by atoms with van der Waals surface area (Å²) in [6.45, 7) is 0. The fraction of sp³-hybridized carbons (Fsp3) is 0. The van der Waals surface area contributed by atoms with Gasteiger partial charge in [0.25, 0.3) is 0 Å². The topological polar surface area (TPSA) is 9.23 Å². The first-order valence-electron chi connectivity index (χ1n) is 0.736. The average Bonchev–Trinajstić information content (AvgIpc) is 1.38. The summed E-state index contributed by atoms with van der Waals surface area (Å²) in [7, 11) is 1.31. The minimum absolute atomic E-state index is 0.693. The number of rotatable bonds is 1. The van der Waals surface area contributed by atoms with Gasteiger partial charge in [0.05, 0.1) is 0 Å². The fourth-order valence-corrected chi connectivity index (χ4v) is 0. The lowest BCUT2D eigenvalue weighted by Crippen LogP contribution is -1.56. The van der Waals surface area contributed by atoms with Crippen LogP contribution in [0.1, 0.15) is 0 Å². The van der Waals surface area contributed by atoms with Crippen LogP contribution in [0.2, 0.25) is 0 Å². The van der Waals surface area contributed by atoms with Crippen LogP contribution in [-0.2, 0) is 34.6 Å². The summed E-state index contributed by atoms with van der Waals surface area (Å²) in [5.74, 6) is 0. The molecule has 0 N–H and O–H groups in total. The third-order valence-electron chi connectivity index (χ3n) is 0.0786. The zero-order valence-corrected chi connectivity index (χ0v) is 5.81. The second-order valence-electron chi connectivity index (χ2n) is 0.300. The maximum atomic E-state index is 4.38. The van der Waals surface area contributed by atoms with Gasteiger partial charge >= 0.3 is 0 Å². The van der Waals surface area contributed by atoms with Gasteiger partial charge in [0, 0.05) is 0 Å². The molecule has 0 aliphatic rings. The van der Waals surface area contributed by atoms with Gasteiger partial charge in [0.1, 0.15) is 0 Å². The van der Waals surface area contributed by atoms with E-state index >= 15 is 0 Å². The van der Waals surface area contributed by atoms with Crippen LogP contribution in [0.4, 0.5) is 0 Å². The zero-order chi connectivity index (χ0) is 4.28. The first kappa shape index (κ1) is 6.18. The molecule has 1 unspecified atom stereocenters. The lowest BCUT2D eigenvalue weighted by molar-refractivity contribution is 0.767. The van der Waals surface area contributed by atoms with Crippen molar-refractivity contribution in [2.75, 3.05) is 0 Å². The van der Waals surface area contributed by atoms with E-state index in [-0.39, 0.29) is 0 Å². The SMILES string of the molecule is PO[S-](=S)=S. The molecule has 0 aromatic heterocycles. The van der Waals surface area contributed by atoms with Gasteiger partial charge in [-0.15, -0.1) is 0 Å². The number of hydrogen-bond acceptors (Lipinski definition) is 4. The van der Waals surface area contributed by atoms with Gasteiger partial charge in [-0.2, -0.15) is 0 Å². The Morgan fingerprint density at radius 1 is 1.60 bits per heavy atom. The largest absolute Gasteiger partial charge is 0.450 e. The molecule has 0 saturated carbocycles. The Bertz CT molecular complexity index is 65.0. The van der Waals surface area contributed by atoms with Gasteiger partial charge < -0.3 is 3.97 Å². The second kappa shape index (κ2) is 3.37. The molecule has 0 amide bonds. The van der Waals surface area contributed by atoms with Crippen LogP contribution in [0.15, 0.2) is 0 Å². The summed E-state index contributed by atoms with van der Waals surface area (Å²) in [6, 6.07) is 0. The summed E-state index contributed by atoms with van der Waals surface area (Å²) < 4.78 is 4.32. The molecule has 0 fully saturated rings. The summed E-state index contributed by atoms with van der Waals surface area (Å²) in [6.07, 6.45) is 0. The van der Waals surface area contributed by atoms with Crippen molar-refractivity contribution in [3.05, 3.63) is 0 Å². The van der Waals surface area contributed by atoms with E-state index in [0.717, 1.165) is 0 Å². The van der Waals surface area contributed by atoms with E-state index in [2.05, 4.69) is 26.3 Å². The highest BCUT2D eigenvalue weighted by Crippen LogP contribution is 1.80. The molecule has 32 valence electrons. The van der Waals surface area contributed by atoms with Crippen molar-refractivity contribution in [3.63, 3.8) is 0 Å². The van der Waals surface area contributed by atoms with Crippen LogP contribution in [0.3, 0.4) is 0 Å². The van der Waals surface area contributed by atoms with Crippen molar-refractivity contribution in [3.8, 4) is 0 Å². The smallest absolute Gasteiger partial charge is 0.0261 e. The highest BCUT2D eigenvalue weighted by molar-refractivity contribution is 8.44. The van der Waals surface area contributed by atoms with E-state index in [0.29, 0.717) is 0 Å². The Hall–Kier alpha value is 1.18. The van der Waals surface area contributed by atoms with Crippen molar-refractivity contribution >= 4 is 40.1 Å².